The third kappa shape index (κ3) is 5.97. The lowest BCUT2D eigenvalue weighted by molar-refractivity contribution is -0.125. The highest BCUT2D eigenvalue weighted by Gasteiger charge is 2.30. The average molecular weight is 440 g/mol. The molecule has 1 aliphatic heterocycles. The number of aryl methyl sites for hydroxylation is 2. The van der Waals surface area contributed by atoms with Crippen molar-refractivity contribution in [2.24, 2.45) is 5.92 Å². The number of piperidine rings is 1. The molecule has 2 aromatic rings. The van der Waals surface area contributed by atoms with Gasteiger partial charge in [-0.3, -0.25) is 9.59 Å². The van der Waals surface area contributed by atoms with Gasteiger partial charge in [-0.2, -0.15) is 0 Å². The number of hydrogen-bond donors (Lipinski definition) is 2. The fraction of sp³-hybridized carbons (Fsp3) is 0.478. The Morgan fingerprint density at radius 2 is 1.94 bits per heavy atom. The maximum Gasteiger partial charge on any atom is 0.234 e. The molecule has 2 heterocycles. The summed E-state index contributed by atoms with van der Waals surface area (Å²) in [5.41, 5.74) is 3.16. The fourth-order valence-corrected chi connectivity index (χ4v) is 4.27. The van der Waals surface area contributed by atoms with E-state index in [-0.39, 0.29) is 23.5 Å². The van der Waals surface area contributed by atoms with Crippen molar-refractivity contribution >= 4 is 35.1 Å². The van der Waals surface area contributed by atoms with Gasteiger partial charge in [0.1, 0.15) is 5.03 Å². The Labute approximate surface area is 187 Å². The molecule has 0 radical (unpaired) electrons. The van der Waals surface area contributed by atoms with Crippen molar-refractivity contribution < 1.29 is 9.59 Å². The number of aromatic nitrogens is 2. The number of nitrogens with one attached hydrogen (secondary N) is 2. The van der Waals surface area contributed by atoms with Crippen LogP contribution in [0.25, 0.3) is 0 Å². The summed E-state index contributed by atoms with van der Waals surface area (Å²) in [7, 11) is 0. The Kier molecular flexibility index (Phi) is 6.75. The number of carbonyl (C=O) groups is 2. The second kappa shape index (κ2) is 9.68. The molecular formula is C23H29N5O2S. The van der Waals surface area contributed by atoms with E-state index < -0.39 is 0 Å². The Bertz CT molecular complexity index is 945. The molecule has 0 spiro atoms. The van der Waals surface area contributed by atoms with Gasteiger partial charge >= 0.3 is 0 Å². The molecule has 164 valence electrons. The first-order valence-corrected chi connectivity index (χ1v) is 11.9. The van der Waals surface area contributed by atoms with Crippen molar-refractivity contribution in [1.29, 1.82) is 0 Å². The SMILES string of the molecule is Cc1ccc(NC(=O)CSc2ccc(N3CCC[C@@H](C(=O)NC4CC4)C3)nn2)cc1C. The van der Waals surface area contributed by atoms with E-state index in [2.05, 4.69) is 25.7 Å². The van der Waals surface area contributed by atoms with Gasteiger partial charge in [-0.15, -0.1) is 10.2 Å². The van der Waals surface area contributed by atoms with Gasteiger partial charge in [0.05, 0.1) is 11.7 Å². The molecule has 4 rings (SSSR count). The number of nitrogens with zero attached hydrogens (tertiary/aromatic N) is 3. The van der Waals surface area contributed by atoms with Crippen LogP contribution < -0.4 is 15.5 Å². The normalized spacial score (nSPS) is 18.5. The fourth-order valence-electron chi connectivity index (χ4n) is 3.66. The van der Waals surface area contributed by atoms with Crippen molar-refractivity contribution in [3.05, 3.63) is 41.5 Å². The number of carbonyl (C=O) groups excluding carboxylic acids is 2. The maximum atomic E-state index is 12.4. The summed E-state index contributed by atoms with van der Waals surface area (Å²) in [6, 6.07) is 10.1. The van der Waals surface area contributed by atoms with Crippen LogP contribution in [0.15, 0.2) is 35.4 Å². The van der Waals surface area contributed by atoms with Gasteiger partial charge in [0, 0.05) is 24.8 Å². The average Bonchev–Trinajstić information content (AvgIpc) is 3.59. The lowest BCUT2D eigenvalue weighted by atomic mass is 9.97. The van der Waals surface area contributed by atoms with Crippen molar-refractivity contribution in [3.8, 4) is 0 Å². The highest BCUT2D eigenvalue weighted by atomic mass is 32.2. The molecule has 7 nitrogen and oxygen atoms in total. The number of rotatable bonds is 7. The van der Waals surface area contributed by atoms with E-state index in [0.717, 1.165) is 49.3 Å². The van der Waals surface area contributed by atoms with Crippen LogP contribution in [0.4, 0.5) is 11.5 Å². The van der Waals surface area contributed by atoms with Crippen molar-refractivity contribution in [2.45, 2.75) is 50.6 Å². The first-order valence-electron chi connectivity index (χ1n) is 10.9. The zero-order valence-electron chi connectivity index (χ0n) is 18.1. The third-order valence-corrected chi connectivity index (χ3v) is 6.73. The van der Waals surface area contributed by atoms with Crippen LogP contribution >= 0.6 is 11.8 Å². The number of amides is 2. The lowest BCUT2D eigenvalue weighted by Crippen LogP contribution is -2.44. The molecule has 0 unspecified atom stereocenters. The molecule has 1 saturated carbocycles. The minimum absolute atomic E-state index is 0.0132. The molecule has 2 aliphatic rings. The first kappa shape index (κ1) is 21.6. The van der Waals surface area contributed by atoms with Crippen molar-refractivity contribution in [2.75, 3.05) is 29.1 Å². The molecule has 31 heavy (non-hydrogen) atoms. The topological polar surface area (TPSA) is 87.2 Å². The van der Waals surface area contributed by atoms with Crippen molar-refractivity contribution in [1.82, 2.24) is 15.5 Å². The summed E-state index contributed by atoms with van der Waals surface area (Å²) < 4.78 is 0. The second-order valence-corrected chi connectivity index (χ2v) is 9.43. The Balaban J connectivity index is 1.27. The molecule has 8 heteroatoms. The molecule has 1 aliphatic carbocycles. The monoisotopic (exact) mass is 439 g/mol. The quantitative estimate of drug-likeness (QED) is 0.644. The van der Waals surface area contributed by atoms with Crippen LogP contribution in [0, 0.1) is 19.8 Å². The third-order valence-electron chi connectivity index (χ3n) is 5.81. The maximum absolute atomic E-state index is 12.4. The lowest BCUT2D eigenvalue weighted by Gasteiger charge is -2.32. The van der Waals surface area contributed by atoms with Crippen LogP contribution in [0.5, 0.6) is 0 Å². The van der Waals surface area contributed by atoms with E-state index in [1.54, 1.807) is 0 Å². The van der Waals surface area contributed by atoms with Gasteiger partial charge in [0.25, 0.3) is 0 Å². The van der Waals surface area contributed by atoms with Crippen LogP contribution in [0.2, 0.25) is 0 Å². The molecule has 2 amide bonds. The van der Waals surface area contributed by atoms with Gasteiger partial charge in [-0.05, 0) is 74.9 Å². The number of thioether (sulfide) groups is 1. The smallest absolute Gasteiger partial charge is 0.234 e. The van der Waals surface area contributed by atoms with Gasteiger partial charge < -0.3 is 15.5 Å². The first-order chi connectivity index (χ1) is 15.0. The zero-order chi connectivity index (χ0) is 21.8. The Hall–Kier alpha value is -2.61. The standard InChI is InChI=1S/C23H29N5O2S/c1-15-5-6-19(12-16(15)2)24-21(29)14-31-22-10-9-20(26-27-22)28-11-3-4-17(13-28)23(30)25-18-7-8-18/h5-6,9-10,12,17-18H,3-4,7-8,11,13-14H2,1-2H3,(H,24,29)(H,25,30)/t17-/m1/s1. The molecule has 2 fully saturated rings. The molecule has 0 bridgehead atoms. The van der Waals surface area contributed by atoms with Crippen LogP contribution in [0.3, 0.4) is 0 Å². The summed E-state index contributed by atoms with van der Waals surface area (Å²) in [5, 5.41) is 15.4. The largest absolute Gasteiger partial charge is 0.354 e. The molecule has 1 aromatic heterocycles. The number of benzene rings is 1. The summed E-state index contributed by atoms with van der Waals surface area (Å²) >= 11 is 1.36. The Morgan fingerprint density at radius 1 is 1.10 bits per heavy atom. The summed E-state index contributed by atoms with van der Waals surface area (Å²) in [6.07, 6.45) is 4.11. The minimum Gasteiger partial charge on any atom is -0.354 e. The van der Waals surface area contributed by atoms with E-state index in [1.165, 1.54) is 17.3 Å². The van der Waals surface area contributed by atoms with Crippen LogP contribution in [-0.2, 0) is 9.59 Å². The predicted octanol–water partition coefficient (Wildman–Crippen LogP) is 3.32. The molecule has 1 atom stereocenters. The highest BCUT2D eigenvalue weighted by molar-refractivity contribution is 7.99. The number of anilines is 2. The van der Waals surface area contributed by atoms with Gasteiger partial charge in [0.15, 0.2) is 5.82 Å². The summed E-state index contributed by atoms with van der Waals surface area (Å²) in [5.74, 6) is 1.17. The zero-order valence-corrected chi connectivity index (χ0v) is 18.9. The second-order valence-electron chi connectivity index (χ2n) is 8.43. The number of hydrogen-bond acceptors (Lipinski definition) is 6. The van der Waals surface area contributed by atoms with Crippen LogP contribution in [-0.4, -0.2) is 46.9 Å². The van der Waals surface area contributed by atoms with E-state index >= 15 is 0 Å². The summed E-state index contributed by atoms with van der Waals surface area (Å²) in [6.45, 7) is 5.64. The Morgan fingerprint density at radius 3 is 2.65 bits per heavy atom. The van der Waals surface area contributed by atoms with E-state index in [4.69, 9.17) is 0 Å². The van der Waals surface area contributed by atoms with Gasteiger partial charge in [0.2, 0.25) is 11.8 Å². The molecule has 1 saturated heterocycles. The minimum atomic E-state index is -0.0697. The molecule has 1 aromatic carbocycles. The van der Waals surface area contributed by atoms with E-state index in [0.29, 0.717) is 17.6 Å². The van der Waals surface area contributed by atoms with E-state index in [9.17, 15) is 9.59 Å². The predicted molar refractivity (Wildman–Crippen MR) is 123 cm³/mol. The molecular weight excluding hydrogens is 410 g/mol. The van der Waals surface area contributed by atoms with E-state index in [1.807, 2.05) is 44.2 Å². The van der Waals surface area contributed by atoms with Gasteiger partial charge in [-0.1, -0.05) is 17.8 Å². The van der Waals surface area contributed by atoms with Crippen LogP contribution in [0.1, 0.15) is 36.8 Å². The highest BCUT2D eigenvalue weighted by Crippen LogP contribution is 2.25. The molecule has 2 N–H and O–H groups in total. The van der Waals surface area contributed by atoms with Gasteiger partial charge in [-0.25, -0.2) is 0 Å². The summed E-state index contributed by atoms with van der Waals surface area (Å²) in [4.78, 5) is 26.8. The van der Waals surface area contributed by atoms with Crippen molar-refractivity contribution in [3.63, 3.8) is 0 Å².